The summed E-state index contributed by atoms with van der Waals surface area (Å²) in [5, 5.41) is 14.3. The number of rotatable bonds is 5. The molecule has 0 spiro atoms. The quantitative estimate of drug-likeness (QED) is 0.178. The monoisotopic (exact) mass is 760 g/mol. The third-order valence-electron chi connectivity index (χ3n) is 12.8. The van der Waals surface area contributed by atoms with Crippen LogP contribution in [0.2, 0.25) is 0 Å². The Labute approximate surface area is 341 Å². The minimum atomic E-state index is -0.909. The molecule has 6 aromatic carbocycles. The molecule has 5 nitrogen and oxygen atoms in total. The summed E-state index contributed by atoms with van der Waals surface area (Å²) in [5.41, 5.74) is 13.4. The molecule has 58 heavy (non-hydrogen) atoms. The van der Waals surface area contributed by atoms with E-state index < -0.39 is 5.97 Å². The standard InChI is InChI=1S/C53H49N3O2/c1-52(2)46(54(5)44-30-25-35-16-13-14-23-42(35)48(44)52)32-27-36-17-15-18-37(50(36)56(40-19-9-7-10-20-40)41-21-11-8-12-22-41)28-33-47-53(3,4)49-43-29-24-39(51(57)58)34-38(43)26-31-45(49)55(47)6/h7-14,16,19-34H,15,17-18H2,1-6H3/p+1. The summed E-state index contributed by atoms with van der Waals surface area (Å²) in [6.45, 7) is 9.30. The molecule has 6 aromatic rings. The number of carboxylic acid groups (broad SMARTS) is 1. The van der Waals surface area contributed by atoms with Crippen molar-refractivity contribution in [1.29, 1.82) is 0 Å². The van der Waals surface area contributed by atoms with Crippen LogP contribution < -0.4 is 14.4 Å². The van der Waals surface area contributed by atoms with Crippen molar-refractivity contribution < 1.29 is 9.90 Å². The van der Waals surface area contributed by atoms with Gasteiger partial charge in [-0.25, -0.2) is 4.79 Å². The van der Waals surface area contributed by atoms with Crippen molar-refractivity contribution in [3.63, 3.8) is 0 Å². The van der Waals surface area contributed by atoms with Gasteiger partial charge < -0.3 is 14.9 Å². The van der Waals surface area contributed by atoms with Crippen LogP contribution in [0.4, 0.5) is 22.7 Å². The summed E-state index contributed by atoms with van der Waals surface area (Å²) in [6.07, 6.45) is 12.4. The average molecular weight is 761 g/mol. The minimum absolute atomic E-state index is 0.189. The lowest BCUT2D eigenvalue weighted by Gasteiger charge is -2.25. The normalized spacial score (nSPS) is 19.8. The van der Waals surface area contributed by atoms with Crippen molar-refractivity contribution >= 4 is 56.0 Å². The van der Waals surface area contributed by atoms with Gasteiger partial charge in [-0.3, -0.25) is 0 Å². The summed E-state index contributed by atoms with van der Waals surface area (Å²) >= 11 is 0. The molecule has 288 valence electrons. The summed E-state index contributed by atoms with van der Waals surface area (Å²) in [7, 11) is 4.36. The number of carboxylic acids is 1. The zero-order chi connectivity index (χ0) is 40.3. The lowest BCUT2D eigenvalue weighted by Crippen LogP contribution is -2.26. The van der Waals surface area contributed by atoms with E-state index in [4.69, 9.17) is 0 Å². The number of hydrogen-bond acceptors (Lipinski definition) is 3. The third kappa shape index (κ3) is 5.99. The SMILES string of the molecule is CN1C(=C/C=C2\CCC/C(=C\C=C3/N(C)c4ccc5cc(C(=O)O)ccc5c4C3(C)C)C2=[N+](c2ccccc2)c2ccccc2)C(C)(C)c2c1ccc1ccccc21. The highest BCUT2D eigenvalue weighted by Crippen LogP contribution is 2.51. The predicted octanol–water partition coefficient (Wildman–Crippen LogP) is 12.6. The number of anilines is 2. The molecule has 0 unspecified atom stereocenters. The number of benzene rings is 6. The molecular weight excluding hydrogens is 711 g/mol. The highest BCUT2D eigenvalue weighted by atomic mass is 16.4. The van der Waals surface area contributed by atoms with E-state index in [9.17, 15) is 9.90 Å². The summed E-state index contributed by atoms with van der Waals surface area (Å²) < 4.78 is 2.45. The zero-order valence-corrected chi connectivity index (χ0v) is 34.3. The Morgan fingerprint density at radius 3 is 1.60 bits per heavy atom. The molecule has 1 N–H and O–H groups in total. The van der Waals surface area contributed by atoms with E-state index in [1.165, 1.54) is 55.8 Å². The van der Waals surface area contributed by atoms with Crippen molar-refractivity contribution in [3.05, 3.63) is 191 Å². The van der Waals surface area contributed by atoms with E-state index in [0.717, 1.165) is 47.1 Å². The molecule has 0 aromatic heterocycles. The molecule has 1 saturated carbocycles. The van der Waals surface area contributed by atoms with Crippen LogP contribution in [0, 0.1) is 0 Å². The highest BCUT2D eigenvalue weighted by molar-refractivity contribution is 6.16. The number of likely N-dealkylation sites (N-methyl/N-ethyl adjacent to an activating group) is 2. The molecule has 5 heteroatoms. The van der Waals surface area contributed by atoms with Crippen molar-refractivity contribution in [2.45, 2.75) is 57.8 Å². The highest BCUT2D eigenvalue weighted by Gasteiger charge is 2.41. The Morgan fingerprint density at radius 2 is 1.07 bits per heavy atom. The molecule has 0 bridgehead atoms. The van der Waals surface area contributed by atoms with E-state index in [1.54, 1.807) is 12.1 Å². The lowest BCUT2D eigenvalue weighted by molar-refractivity contribution is 0.0697. The molecular formula is C53H50N3O2+. The summed E-state index contributed by atoms with van der Waals surface area (Å²) in [5.74, 6) is -0.909. The minimum Gasteiger partial charge on any atom is -0.478 e. The third-order valence-corrected chi connectivity index (χ3v) is 12.8. The van der Waals surface area contributed by atoms with Gasteiger partial charge in [0.25, 0.3) is 0 Å². The molecule has 0 atom stereocenters. The van der Waals surface area contributed by atoms with Gasteiger partial charge in [0, 0.05) is 83.1 Å². The van der Waals surface area contributed by atoms with Crippen LogP contribution in [0.3, 0.4) is 0 Å². The van der Waals surface area contributed by atoms with Gasteiger partial charge in [0.1, 0.15) is 0 Å². The Hall–Kier alpha value is -6.46. The van der Waals surface area contributed by atoms with Crippen LogP contribution in [0.5, 0.6) is 0 Å². The second-order valence-electron chi connectivity index (χ2n) is 16.9. The van der Waals surface area contributed by atoms with Crippen LogP contribution in [0.15, 0.2) is 174 Å². The first-order valence-electron chi connectivity index (χ1n) is 20.4. The smallest absolute Gasteiger partial charge is 0.335 e. The number of carbonyl (C=O) groups is 1. The van der Waals surface area contributed by atoms with Crippen LogP contribution in [-0.2, 0) is 10.8 Å². The maximum Gasteiger partial charge on any atom is 0.335 e. The van der Waals surface area contributed by atoms with Crippen LogP contribution >= 0.6 is 0 Å². The van der Waals surface area contributed by atoms with Crippen molar-refractivity contribution in [1.82, 2.24) is 4.58 Å². The Kier molecular flexibility index (Phi) is 9.08. The van der Waals surface area contributed by atoms with Gasteiger partial charge in [-0.05, 0) is 88.4 Å². The molecule has 2 heterocycles. The molecule has 0 saturated heterocycles. The first kappa shape index (κ1) is 37.1. The molecule has 3 aliphatic rings. The number of para-hydroxylation sites is 2. The number of allylic oxidation sites excluding steroid dienone is 8. The largest absolute Gasteiger partial charge is 0.478 e. The van der Waals surface area contributed by atoms with Crippen molar-refractivity contribution in [3.8, 4) is 0 Å². The maximum atomic E-state index is 11.8. The van der Waals surface area contributed by atoms with Crippen LogP contribution in [0.1, 0.15) is 68.4 Å². The van der Waals surface area contributed by atoms with Gasteiger partial charge in [0.05, 0.1) is 5.56 Å². The van der Waals surface area contributed by atoms with Crippen LogP contribution in [0.25, 0.3) is 21.5 Å². The second-order valence-corrected chi connectivity index (χ2v) is 16.9. The van der Waals surface area contributed by atoms with E-state index in [1.807, 2.05) is 6.07 Å². The fraction of sp³-hybridized carbons (Fsp3) is 0.208. The number of hydrogen-bond donors (Lipinski definition) is 1. The Bertz CT molecular complexity index is 2760. The summed E-state index contributed by atoms with van der Waals surface area (Å²) in [6, 6.07) is 44.5. The average Bonchev–Trinajstić information content (AvgIpc) is 3.56. The van der Waals surface area contributed by atoms with Gasteiger partial charge in [-0.1, -0.05) is 119 Å². The first-order chi connectivity index (χ1) is 28.0. The van der Waals surface area contributed by atoms with Gasteiger partial charge in [-0.2, -0.15) is 4.58 Å². The maximum absolute atomic E-state index is 11.8. The number of fused-ring (bicyclic) bond motifs is 6. The van der Waals surface area contributed by atoms with E-state index in [0.29, 0.717) is 5.56 Å². The van der Waals surface area contributed by atoms with E-state index in [2.05, 4.69) is 190 Å². The van der Waals surface area contributed by atoms with Gasteiger partial charge in [0.15, 0.2) is 0 Å². The van der Waals surface area contributed by atoms with Crippen molar-refractivity contribution in [2.75, 3.05) is 23.9 Å². The van der Waals surface area contributed by atoms with E-state index >= 15 is 0 Å². The summed E-state index contributed by atoms with van der Waals surface area (Å²) in [4.78, 5) is 16.5. The first-order valence-corrected chi connectivity index (χ1v) is 20.4. The van der Waals surface area contributed by atoms with Crippen LogP contribution in [-0.4, -0.2) is 30.9 Å². The van der Waals surface area contributed by atoms with Gasteiger partial charge in [-0.15, -0.1) is 0 Å². The number of nitrogens with zero attached hydrogens (tertiary/aromatic N) is 3. The molecule has 1 fully saturated rings. The fourth-order valence-corrected chi connectivity index (χ4v) is 10.0. The van der Waals surface area contributed by atoms with Gasteiger partial charge in [0.2, 0.25) is 17.1 Å². The fourth-order valence-electron chi connectivity index (χ4n) is 10.0. The molecule has 2 aliphatic heterocycles. The van der Waals surface area contributed by atoms with Gasteiger partial charge >= 0.3 is 5.97 Å². The second kappa shape index (κ2) is 14.2. The topological polar surface area (TPSA) is 46.8 Å². The molecule has 0 amide bonds. The molecule has 9 rings (SSSR count). The zero-order valence-electron chi connectivity index (χ0n) is 34.3. The predicted molar refractivity (Wildman–Crippen MR) is 243 cm³/mol. The molecule has 0 radical (unpaired) electrons. The molecule has 1 aliphatic carbocycles. The number of aromatic carboxylic acids is 1. The van der Waals surface area contributed by atoms with E-state index in [-0.39, 0.29) is 10.8 Å². The van der Waals surface area contributed by atoms with Crippen molar-refractivity contribution in [2.24, 2.45) is 0 Å². The Morgan fingerprint density at radius 1 is 0.586 bits per heavy atom. The lowest BCUT2D eigenvalue weighted by atomic mass is 9.80. The Balaban J connectivity index is 1.22.